The number of anilines is 1. The van der Waals surface area contributed by atoms with Crippen molar-refractivity contribution in [3.63, 3.8) is 0 Å². The number of nitrogens with one attached hydrogen (secondary N) is 2. The fraction of sp³-hybridized carbons (Fsp3) is 0.458. The summed E-state index contributed by atoms with van der Waals surface area (Å²) in [6.07, 6.45) is 5.77. The van der Waals surface area contributed by atoms with Crippen LogP contribution in [0.1, 0.15) is 48.9 Å². The number of aryl methyl sites for hydroxylation is 2. The molecule has 2 aromatic carbocycles. The van der Waals surface area contributed by atoms with E-state index in [-0.39, 0.29) is 6.04 Å². The van der Waals surface area contributed by atoms with Crippen molar-refractivity contribution in [1.29, 1.82) is 0 Å². The molecule has 4 nitrogen and oxygen atoms in total. The highest BCUT2D eigenvalue weighted by molar-refractivity contribution is 5.66. The molecule has 0 aliphatic heterocycles. The van der Waals surface area contributed by atoms with Gasteiger partial charge in [0.2, 0.25) is 0 Å². The topological polar surface area (TPSA) is 67.2 Å². The second kappa shape index (κ2) is 11.6. The van der Waals surface area contributed by atoms with Gasteiger partial charge in [-0.3, -0.25) is 0 Å². The van der Waals surface area contributed by atoms with Gasteiger partial charge in [0.25, 0.3) is 0 Å². The quantitative estimate of drug-likeness (QED) is 0.488. The Labute approximate surface area is 169 Å². The average molecular weight is 382 g/mol. The van der Waals surface area contributed by atoms with Gasteiger partial charge in [-0.25, -0.2) is 0 Å². The first-order valence-corrected chi connectivity index (χ1v) is 10.4. The lowest BCUT2D eigenvalue weighted by Crippen LogP contribution is -2.28. The molecule has 2 rings (SSSR count). The van der Waals surface area contributed by atoms with Gasteiger partial charge in [-0.2, -0.15) is 0 Å². The van der Waals surface area contributed by atoms with Crippen molar-refractivity contribution in [2.45, 2.75) is 64.6 Å². The van der Waals surface area contributed by atoms with Crippen LogP contribution in [-0.4, -0.2) is 25.4 Å². The summed E-state index contributed by atoms with van der Waals surface area (Å²) in [4.78, 5) is 11.4. The maximum Gasteiger partial charge on any atom is 0.142 e. The van der Waals surface area contributed by atoms with Gasteiger partial charge in [-0.1, -0.05) is 50.2 Å². The highest BCUT2D eigenvalue weighted by Gasteiger charge is 2.13. The second-order valence-electron chi connectivity index (χ2n) is 7.41. The zero-order valence-electron chi connectivity index (χ0n) is 17.5. The van der Waals surface area contributed by atoms with Crippen molar-refractivity contribution in [2.24, 2.45) is 5.73 Å². The Hall–Kier alpha value is -2.17. The minimum atomic E-state index is -0.146. The average Bonchev–Trinajstić information content (AvgIpc) is 2.75. The van der Waals surface area contributed by atoms with E-state index >= 15 is 0 Å². The normalized spacial score (nSPS) is 13.1. The Morgan fingerprint density at radius 2 is 1.61 bits per heavy atom. The molecule has 0 aliphatic rings. The summed E-state index contributed by atoms with van der Waals surface area (Å²) in [5.74, 6) is 0. The smallest absolute Gasteiger partial charge is 0.142 e. The molecule has 0 saturated carbocycles. The second-order valence-corrected chi connectivity index (χ2v) is 7.41. The van der Waals surface area contributed by atoms with Crippen molar-refractivity contribution >= 4 is 12.0 Å². The fourth-order valence-corrected chi connectivity index (χ4v) is 3.37. The number of nitrogens with two attached hydrogens (primary N) is 1. The molecule has 0 aromatic heterocycles. The van der Waals surface area contributed by atoms with Crippen LogP contribution in [-0.2, 0) is 30.6 Å². The number of benzene rings is 2. The van der Waals surface area contributed by atoms with Gasteiger partial charge in [0, 0.05) is 18.3 Å². The number of hydrogen-bond donors (Lipinski definition) is 3. The first kappa shape index (κ1) is 22.1. The molecule has 4 N–H and O–H groups in total. The fourth-order valence-electron chi connectivity index (χ4n) is 3.37. The van der Waals surface area contributed by atoms with Crippen LogP contribution in [0, 0.1) is 0 Å². The highest BCUT2D eigenvalue weighted by atomic mass is 16.1. The Balaban J connectivity index is 2.16. The zero-order chi connectivity index (χ0) is 20.4. The van der Waals surface area contributed by atoms with E-state index in [1.54, 1.807) is 0 Å². The number of rotatable bonds is 12. The Bertz CT molecular complexity index is 723. The summed E-state index contributed by atoms with van der Waals surface area (Å²) in [6.45, 7) is 4.80. The van der Waals surface area contributed by atoms with E-state index in [0.29, 0.717) is 12.6 Å². The van der Waals surface area contributed by atoms with Gasteiger partial charge in [0.1, 0.15) is 6.29 Å². The number of carbonyl (C=O) groups excluding carboxylic acids is 1. The summed E-state index contributed by atoms with van der Waals surface area (Å²) in [7, 11) is 2.01. The van der Waals surface area contributed by atoms with Crippen LogP contribution in [0.4, 0.5) is 5.69 Å². The lowest BCUT2D eigenvalue weighted by Gasteiger charge is -2.20. The van der Waals surface area contributed by atoms with Crippen molar-refractivity contribution in [2.75, 3.05) is 12.4 Å². The Kier molecular flexibility index (Phi) is 9.18. The predicted molar refractivity (Wildman–Crippen MR) is 119 cm³/mol. The monoisotopic (exact) mass is 381 g/mol. The molecule has 2 aromatic rings. The number of hydrogen-bond acceptors (Lipinski definition) is 4. The van der Waals surface area contributed by atoms with Crippen LogP contribution in [0.5, 0.6) is 0 Å². The van der Waals surface area contributed by atoms with Gasteiger partial charge >= 0.3 is 0 Å². The lowest BCUT2D eigenvalue weighted by atomic mass is 9.97. The molecular formula is C24H35N3O. The first-order valence-electron chi connectivity index (χ1n) is 10.4. The molecule has 0 radical (unpaired) electrons. The third-order valence-corrected chi connectivity index (χ3v) is 5.45. The molecule has 0 aliphatic carbocycles. The molecule has 4 heteroatoms. The van der Waals surface area contributed by atoms with E-state index in [0.717, 1.165) is 49.6 Å². The Morgan fingerprint density at radius 3 is 2.18 bits per heavy atom. The van der Waals surface area contributed by atoms with E-state index < -0.39 is 0 Å². The van der Waals surface area contributed by atoms with Crippen LogP contribution >= 0.6 is 0 Å². The standard InChI is InChI=1S/C24H35N3O/c1-4-22(26-3)15-21-13-12-19(14-24(21)27-23(5-2)17-28)9-6-18-7-10-20(16-25)11-8-18/h7-8,10-14,17,22-23,26-27H,4-6,9,15-16,25H2,1-3H3/t22-,23?/m1/s1. The maximum absolute atomic E-state index is 11.4. The van der Waals surface area contributed by atoms with Gasteiger partial charge < -0.3 is 21.2 Å². The van der Waals surface area contributed by atoms with E-state index in [4.69, 9.17) is 5.73 Å². The van der Waals surface area contributed by atoms with Crippen LogP contribution < -0.4 is 16.4 Å². The van der Waals surface area contributed by atoms with E-state index in [1.807, 2.05) is 14.0 Å². The van der Waals surface area contributed by atoms with Crippen LogP contribution in [0.15, 0.2) is 42.5 Å². The summed E-state index contributed by atoms with van der Waals surface area (Å²) in [6, 6.07) is 15.5. The van der Waals surface area contributed by atoms with Crippen molar-refractivity contribution < 1.29 is 4.79 Å². The Morgan fingerprint density at radius 1 is 0.964 bits per heavy atom. The molecule has 1 unspecified atom stereocenters. The third-order valence-electron chi connectivity index (χ3n) is 5.45. The van der Waals surface area contributed by atoms with Crippen molar-refractivity contribution in [3.05, 3.63) is 64.7 Å². The van der Waals surface area contributed by atoms with Gasteiger partial charge in [-0.05, 0) is 67.5 Å². The minimum Gasteiger partial charge on any atom is -0.375 e. The van der Waals surface area contributed by atoms with E-state index in [1.165, 1.54) is 16.7 Å². The number of carbonyl (C=O) groups is 1. The van der Waals surface area contributed by atoms with Crippen molar-refractivity contribution in [3.8, 4) is 0 Å². The van der Waals surface area contributed by atoms with Gasteiger partial charge in [0.05, 0.1) is 6.04 Å². The molecule has 0 amide bonds. The van der Waals surface area contributed by atoms with E-state index in [9.17, 15) is 4.79 Å². The minimum absolute atomic E-state index is 0.146. The molecule has 2 atom stereocenters. The molecule has 0 fully saturated rings. The van der Waals surface area contributed by atoms with Gasteiger partial charge in [0.15, 0.2) is 0 Å². The van der Waals surface area contributed by atoms with E-state index in [2.05, 4.69) is 60.0 Å². The third kappa shape index (κ3) is 6.47. The number of aldehydes is 1. The largest absolute Gasteiger partial charge is 0.375 e. The molecule has 28 heavy (non-hydrogen) atoms. The van der Waals surface area contributed by atoms with Crippen LogP contribution in [0.3, 0.4) is 0 Å². The molecule has 0 heterocycles. The maximum atomic E-state index is 11.4. The van der Waals surface area contributed by atoms with Crippen LogP contribution in [0.25, 0.3) is 0 Å². The lowest BCUT2D eigenvalue weighted by molar-refractivity contribution is -0.108. The van der Waals surface area contributed by atoms with Crippen LogP contribution in [0.2, 0.25) is 0 Å². The molecule has 0 spiro atoms. The van der Waals surface area contributed by atoms with Gasteiger partial charge in [-0.15, -0.1) is 0 Å². The summed E-state index contributed by atoms with van der Waals surface area (Å²) < 4.78 is 0. The summed E-state index contributed by atoms with van der Waals surface area (Å²) in [5, 5.41) is 6.82. The zero-order valence-corrected chi connectivity index (χ0v) is 17.5. The SMILES string of the molecule is CCC(C=O)Nc1cc(CCc2ccc(CN)cc2)ccc1C[C@@H](CC)NC. The predicted octanol–water partition coefficient (Wildman–Crippen LogP) is 3.86. The number of likely N-dealkylation sites (N-methyl/N-ethyl adjacent to an activating group) is 1. The molecule has 0 bridgehead atoms. The van der Waals surface area contributed by atoms with Crippen molar-refractivity contribution in [1.82, 2.24) is 5.32 Å². The molecule has 0 saturated heterocycles. The molecule has 152 valence electrons. The summed E-state index contributed by atoms with van der Waals surface area (Å²) in [5.41, 5.74) is 11.8. The first-order chi connectivity index (χ1) is 13.6. The summed E-state index contributed by atoms with van der Waals surface area (Å²) >= 11 is 0. The highest BCUT2D eigenvalue weighted by Crippen LogP contribution is 2.23. The molecular weight excluding hydrogens is 346 g/mol.